The molecular weight excluding hydrogens is 490 g/mol. The van der Waals surface area contributed by atoms with Crippen LogP contribution in [-0.2, 0) is 6.54 Å². The number of nitrogens with one attached hydrogen (secondary N) is 1. The number of ether oxygens (including phenoxy) is 1. The lowest BCUT2D eigenvalue weighted by Crippen LogP contribution is -2.52. The molecule has 2 rings (SSSR count). The van der Waals surface area contributed by atoms with E-state index in [1.165, 1.54) is 19.3 Å². The third-order valence-corrected chi connectivity index (χ3v) is 5.34. The summed E-state index contributed by atoms with van der Waals surface area (Å²) in [5.74, 6) is 2.23. The Bertz CT molecular complexity index is 598. The van der Waals surface area contributed by atoms with Crippen LogP contribution in [0.2, 0.25) is 0 Å². The van der Waals surface area contributed by atoms with Crippen molar-refractivity contribution in [1.82, 2.24) is 15.1 Å². The summed E-state index contributed by atoms with van der Waals surface area (Å²) in [6.45, 7) is 8.41. The fraction of sp³-hybridized carbons (Fsp3) is 0.650. The Hall–Kier alpha value is -0.740. The molecule has 0 unspecified atom stereocenters. The number of rotatable bonds is 9. The summed E-state index contributed by atoms with van der Waals surface area (Å²) in [4.78, 5) is 9.49. The van der Waals surface area contributed by atoms with Gasteiger partial charge in [-0.3, -0.25) is 9.89 Å². The molecule has 160 valence electrons. The summed E-state index contributed by atoms with van der Waals surface area (Å²) in [7, 11) is 1.49. The molecule has 1 saturated heterocycles. The van der Waals surface area contributed by atoms with E-state index in [-0.39, 0.29) is 29.8 Å². The molecule has 0 aromatic heterocycles. The average Bonchev–Trinajstić information content (AvgIpc) is 2.68. The number of thioether (sulfide) groups is 1. The molecule has 1 aromatic rings. The molecule has 1 aromatic carbocycles. The standard InChI is InChI=1S/C20H33FN4OS.HI/c1-4-22-20(23-9-5-6-14-27-3)25-12-10-24(11-13-25)16-17-7-8-19(26-2)18(21)15-17;/h7-8,15H,4-6,9-14,16H2,1-3H3,(H,22,23);1H. The molecule has 1 heterocycles. The second-order valence-electron chi connectivity index (χ2n) is 6.67. The summed E-state index contributed by atoms with van der Waals surface area (Å²) in [6.07, 6.45) is 4.50. The van der Waals surface area contributed by atoms with Crippen LogP contribution in [0, 0.1) is 5.82 Å². The normalized spacial score (nSPS) is 15.3. The fourth-order valence-corrected chi connectivity index (χ4v) is 3.65. The van der Waals surface area contributed by atoms with Gasteiger partial charge in [0.25, 0.3) is 0 Å². The number of benzene rings is 1. The molecule has 1 fully saturated rings. The second-order valence-corrected chi connectivity index (χ2v) is 7.65. The number of piperazine rings is 1. The van der Waals surface area contributed by atoms with Gasteiger partial charge in [0.15, 0.2) is 17.5 Å². The van der Waals surface area contributed by atoms with Crippen molar-refractivity contribution in [3.63, 3.8) is 0 Å². The lowest BCUT2D eigenvalue weighted by Gasteiger charge is -2.36. The molecule has 0 spiro atoms. The third kappa shape index (κ3) is 8.32. The first-order valence-electron chi connectivity index (χ1n) is 9.75. The minimum atomic E-state index is -0.295. The molecule has 0 amide bonds. The lowest BCUT2D eigenvalue weighted by atomic mass is 10.2. The molecule has 0 bridgehead atoms. The Morgan fingerprint density at radius 1 is 1.25 bits per heavy atom. The van der Waals surface area contributed by atoms with Crippen LogP contribution in [0.3, 0.4) is 0 Å². The summed E-state index contributed by atoms with van der Waals surface area (Å²) in [5.41, 5.74) is 0.983. The number of methoxy groups -OCH3 is 1. The number of hydrogen-bond donors (Lipinski definition) is 1. The van der Waals surface area contributed by atoms with E-state index in [4.69, 9.17) is 9.73 Å². The van der Waals surface area contributed by atoms with E-state index in [0.717, 1.165) is 63.8 Å². The highest BCUT2D eigenvalue weighted by atomic mass is 127. The van der Waals surface area contributed by atoms with Crippen molar-refractivity contribution in [2.24, 2.45) is 4.99 Å². The third-order valence-electron chi connectivity index (χ3n) is 4.65. The van der Waals surface area contributed by atoms with Gasteiger partial charge < -0.3 is 15.0 Å². The minimum absolute atomic E-state index is 0. The van der Waals surface area contributed by atoms with Gasteiger partial charge in [0, 0.05) is 45.8 Å². The number of guanidine groups is 1. The smallest absolute Gasteiger partial charge is 0.194 e. The van der Waals surface area contributed by atoms with Crippen LogP contribution >= 0.6 is 35.7 Å². The molecule has 0 saturated carbocycles. The van der Waals surface area contributed by atoms with Crippen LogP contribution in [0.4, 0.5) is 4.39 Å². The van der Waals surface area contributed by atoms with Gasteiger partial charge in [-0.15, -0.1) is 24.0 Å². The van der Waals surface area contributed by atoms with Crippen molar-refractivity contribution in [3.8, 4) is 5.75 Å². The van der Waals surface area contributed by atoms with Crippen molar-refractivity contribution in [2.75, 3.05) is 58.4 Å². The Morgan fingerprint density at radius 3 is 2.61 bits per heavy atom. The predicted molar refractivity (Wildman–Crippen MR) is 129 cm³/mol. The number of hydrogen-bond acceptors (Lipinski definition) is 4. The van der Waals surface area contributed by atoms with Crippen molar-refractivity contribution >= 4 is 41.7 Å². The van der Waals surface area contributed by atoms with E-state index in [0.29, 0.717) is 5.75 Å². The first kappa shape index (κ1) is 25.3. The topological polar surface area (TPSA) is 40.1 Å². The van der Waals surface area contributed by atoms with Crippen LogP contribution in [-0.4, -0.2) is 74.1 Å². The van der Waals surface area contributed by atoms with Gasteiger partial charge in [0.2, 0.25) is 0 Å². The highest BCUT2D eigenvalue weighted by Crippen LogP contribution is 2.19. The highest BCUT2D eigenvalue weighted by molar-refractivity contribution is 14.0. The largest absolute Gasteiger partial charge is 0.494 e. The van der Waals surface area contributed by atoms with Gasteiger partial charge in [0.05, 0.1) is 7.11 Å². The molecule has 0 atom stereocenters. The van der Waals surface area contributed by atoms with Gasteiger partial charge in [-0.25, -0.2) is 4.39 Å². The minimum Gasteiger partial charge on any atom is -0.494 e. The second kappa shape index (κ2) is 14.3. The Balaban J connectivity index is 0.00000392. The van der Waals surface area contributed by atoms with E-state index in [9.17, 15) is 4.39 Å². The van der Waals surface area contributed by atoms with Crippen molar-refractivity contribution in [1.29, 1.82) is 0 Å². The van der Waals surface area contributed by atoms with Gasteiger partial charge in [-0.05, 0) is 49.5 Å². The zero-order valence-electron chi connectivity index (χ0n) is 17.2. The summed E-state index contributed by atoms with van der Waals surface area (Å²) in [5, 5.41) is 3.42. The maximum absolute atomic E-state index is 13.9. The Kier molecular flexibility index (Phi) is 12.9. The monoisotopic (exact) mass is 524 g/mol. The lowest BCUT2D eigenvalue weighted by molar-refractivity contribution is 0.172. The van der Waals surface area contributed by atoms with Crippen molar-refractivity contribution < 1.29 is 9.13 Å². The molecule has 1 aliphatic rings. The maximum atomic E-state index is 13.9. The number of halogens is 2. The fourth-order valence-electron chi connectivity index (χ4n) is 3.15. The highest BCUT2D eigenvalue weighted by Gasteiger charge is 2.20. The molecule has 8 heteroatoms. The Morgan fingerprint density at radius 2 is 2.00 bits per heavy atom. The molecule has 5 nitrogen and oxygen atoms in total. The number of aliphatic imine (C=N–C) groups is 1. The summed E-state index contributed by atoms with van der Waals surface area (Å²) < 4.78 is 18.9. The molecular formula is C20H34FIN4OS. The van der Waals surface area contributed by atoms with Crippen LogP contribution in [0.15, 0.2) is 23.2 Å². The van der Waals surface area contributed by atoms with Gasteiger partial charge in [-0.1, -0.05) is 6.07 Å². The van der Waals surface area contributed by atoms with Crippen molar-refractivity contribution in [2.45, 2.75) is 26.3 Å². The average molecular weight is 524 g/mol. The maximum Gasteiger partial charge on any atom is 0.194 e. The van der Waals surface area contributed by atoms with Gasteiger partial charge in [0.1, 0.15) is 0 Å². The van der Waals surface area contributed by atoms with E-state index in [1.807, 2.05) is 17.8 Å². The van der Waals surface area contributed by atoms with Crippen LogP contribution < -0.4 is 10.1 Å². The SMILES string of the molecule is CCNC(=NCCCCSC)N1CCN(Cc2ccc(OC)c(F)c2)CC1.I. The first-order valence-corrected chi connectivity index (χ1v) is 11.1. The first-order chi connectivity index (χ1) is 13.2. The van der Waals surface area contributed by atoms with E-state index in [2.05, 4.69) is 28.3 Å². The van der Waals surface area contributed by atoms with E-state index < -0.39 is 0 Å². The van der Waals surface area contributed by atoms with Gasteiger partial charge in [-0.2, -0.15) is 11.8 Å². The van der Waals surface area contributed by atoms with Crippen LogP contribution in [0.25, 0.3) is 0 Å². The van der Waals surface area contributed by atoms with E-state index >= 15 is 0 Å². The van der Waals surface area contributed by atoms with Crippen molar-refractivity contribution in [3.05, 3.63) is 29.6 Å². The van der Waals surface area contributed by atoms with E-state index in [1.54, 1.807) is 12.1 Å². The summed E-state index contributed by atoms with van der Waals surface area (Å²) in [6, 6.07) is 5.22. The Labute approximate surface area is 190 Å². The number of unbranched alkanes of at least 4 members (excludes halogenated alkanes) is 1. The van der Waals surface area contributed by atoms with Crippen LogP contribution in [0.1, 0.15) is 25.3 Å². The summed E-state index contributed by atoms with van der Waals surface area (Å²) >= 11 is 1.89. The zero-order valence-corrected chi connectivity index (χ0v) is 20.4. The molecule has 0 aliphatic carbocycles. The molecule has 1 aliphatic heterocycles. The molecule has 0 radical (unpaired) electrons. The number of nitrogens with zero attached hydrogens (tertiary/aromatic N) is 3. The van der Waals surface area contributed by atoms with Gasteiger partial charge >= 0.3 is 0 Å². The van der Waals surface area contributed by atoms with Crippen LogP contribution in [0.5, 0.6) is 5.75 Å². The molecule has 1 N–H and O–H groups in total. The quantitative estimate of drug-likeness (QED) is 0.231. The molecule has 28 heavy (non-hydrogen) atoms. The zero-order chi connectivity index (χ0) is 19.5. The predicted octanol–water partition coefficient (Wildman–Crippen LogP) is 3.68.